The van der Waals surface area contributed by atoms with E-state index in [1.165, 1.54) is 0 Å². The van der Waals surface area contributed by atoms with Gasteiger partial charge >= 0.3 is 0 Å². The third kappa shape index (κ3) is 1.96. The number of allylic oxidation sites excluding steroid dienone is 8. The fraction of sp³-hybridized carbons (Fsp3) is 0.182. The number of nitrogens with zero attached hydrogens (tertiary/aromatic N) is 1. The Balaban J connectivity index is 3.11. The molecular weight excluding hydrogens is 146 g/mol. The highest BCUT2D eigenvalue weighted by molar-refractivity contribution is 5.48. The summed E-state index contributed by atoms with van der Waals surface area (Å²) in [5, 5.41) is 8.79. The zero-order chi connectivity index (χ0) is 8.97. The first-order valence-electron chi connectivity index (χ1n) is 3.88. The molecule has 0 aromatic heterocycles. The van der Waals surface area contributed by atoms with E-state index in [1.54, 1.807) is 0 Å². The van der Waals surface area contributed by atoms with Crippen LogP contribution in [0, 0.1) is 11.3 Å². The highest BCUT2D eigenvalue weighted by Gasteiger charge is 1.98. The van der Waals surface area contributed by atoms with E-state index in [2.05, 4.69) is 6.07 Å². The maximum atomic E-state index is 8.79. The molecule has 0 heterocycles. The molecule has 1 aliphatic rings. The average Bonchev–Trinajstić information content (AvgIpc) is 2.05. The van der Waals surface area contributed by atoms with Gasteiger partial charge in [0.25, 0.3) is 0 Å². The Bertz CT molecular complexity index is 333. The second-order valence-electron chi connectivity index (χ2n) is 2.82. The number of hydrogen-bond acceptors (Lipinski definition) is 1. The molecule has 0 N–H and O–H groups in total. The van der Waals surface area contributed by atoms with Gasteiger partial charge in [-0.1, -0.05) is 24.3 Å². The van der Waals surface area contributed by atoms with E-state index in [9.17, 15) is 0 Å². The Morgan fingerprint density at radius 3 is 2.50 bits per heavy atom. The van der Waals surface area contributed by atoms with Crippen LogP contribution in [0.2, 0.25) is 0 Å². The third-order valence-corrected chi connectivity index (χ3v) is 1.73. The van der Waals surface area contributed by atoms with Crippen molar-refractivity contribution in [3.8, 4) is 6.07 Å². The summed E-state index contributed by atoms with van der Waals surface area (Å²) in [6, 6.07) is 2.17. The highest BCUT2D eigenvalue weighted by atomic mass is 14.2. The van der Waals surface area contributed by atoms with E-state index < -0.39 is 0 Å². The smallest absolute Gasteiger partial charge is 0.0994 e. The summed E-state index contributed by atoms with van der Waals surface area (Å²) in [5.74, 6) is 0. The molecule has 0 saturated carbocycles. The standard InChI is InChI=1S/C11H11N/c1-9-5-3-4-6-10(2)11(7-9)8-12/h3-7H,1-2H3/b4-3-,5-3?,6-4?,9-5-,9-7?,10-6-,11-7-,11-10?. The van der Waals surface area contributed by atoms with Crippen LogP contribution in [0.3, 0.4) is 0 Å². The summed E-state index contributed by atoms with van der Waals surface area (Å²) in [6.45, 7) is 3.93. The van der Waals surface area contributed by atoms with Crippen LogP contribution in [0.1, 0.15) is 13.8 Å². The first-order valence-corrected chi connectivity index (χ1v) is 3.88. The molecule has 0 aliphatic heterocycles. The van der Waals surface area contributed by atoms with Gasteiger partial charge in [-0.05, 0) is 31.1 Å². The quantitative estimate of drug-likeness (QED) is 0.530. The summed E-state index contributed by atoms with van der Waals surface area (Å²) in [4.78, 5) is 0. The Kier molecular flexibility index (Phi) is 2.66. The normalized spacial score (nSPS) is 32.2. The maximum absolute atomic E-state index is 8.79. The van der Waals surface area contributed by atoms with Crippen LogP contribution in [0.25, 0.3) is 0 Å². The SMILES string of the molecule is CC1=C/C=C\C=C(C)/C(C#N)=C\1. The first kappa shape index (κ1) is 8.55. The second-order valence-corrected chi connectivity index (χ2v) is 2.82. The topological polar surface area (TPSA) is 23.8 Å². The highest BCUT2D eigenvalue weighted by Crippen LogP contribution is 2.13. The lowest BCUT2D eigenvalue weighted by molar-refractivity contribution is 1.36. The molecule has 1 aliphatic carbocycles. The average molecular weight is 157 g/mol. The molecule has 0 aromatic rings. The van der Waals surface area contributed by atoms with Crippen molar-refractivity contribution >= 4 is 0 Å². The molecule has 0 bridgehead atoms. The second kappa shape index (κ2) is 3.73. The molecule has 0 radical (unpaired) electrons. The number of nitriles is 1. The van der Waals surface area contributed by atoms with E-state index in [4.69, 9.17) is 5.26 Å². The Morgan fingerprint density at radius 1 is 1.17 bits per heavy atom. The van der Waals surface area contributed by atoms with E-state index in [0.717, 1.165) is 16.7 Å². The molecule has 0 spiro atoms. The van der Waals surface area contributed by atoms with E-state index >= 15 is 0 Å². The molecule has 0 amide bonds. The van der Waals surface area contributed by atoms with Crippen molar-refractivity contribution in [3.63, 3.8) is 0 Å². The molecule has 12 heavy (non-hydrogen) atoms. The Hall–Kier alpha value is -1.55. The number of rotatable bonds is 0. The van der Waals surface area contributed by atoms with Crippen molar-refractivity contribution in [2.45, 2.75) is 13.8 Å². The molecule has 0 atom stereocenters. The van der Waals surface area contributed by atoms with Crippen LogP contribution < -0.4 is 0 Å². The van der Waals surface area contributed by atoms with E-state index in [0.29, 0.717) is 0 Å². The van der Waals surface area contributed by atoms with Crippen molar-refractivity contribution in [1.82, 2.24) is 0 Å². The summed E-state index contributed by atoms with van der Waals surface area (Å²) in [7, 11) is 0. The maximum Gasteiger partial charge on any atom is 0.0994 e. The molecule has 1 nitrogen and oxygen atoms in total. The van der Waals surface area contributed by atoms with Gasteiger partial charge in [0, 0.05) is 0 Å². The van der Waals surface area contributed by atoms with Gasteiger partial charge in [0.1, 0.15) is 0 Å². The lowest BCUT2D eigenvalue weighted by Crippen LogP contribution is -1.84. The summed E-state index contributed by atoms with van der Waals surface area (Å²) < 4.78 is 0. The predicted molar refractivity (Wildman–Crippen MR) is 50.4 cm³/mol. The van der Waals surface area contributed by atoms with Gasteiger partial charge in [-0.25, -0.2) is 0 Å². The van der Waals surface area contributed by atoms with Gasteiger partial charge in [-0.15, -0.1) is 0 Å². The van der Waals surface area contributed by atoms with Crippen LogP contribution in [-0.2, 0) is 0 Å². The molecule has 1 heteroatoms. The van der Waals surface area contributed by atoms with Gasteiger partial charge in [-0.3, -0.25) is 0 Å². The van der Waals surface area contributed by atoms with Gasteiger partial charge < -0.3 is 0 Å². The van der Waals surface area contributed by atoms with Crippen LogP contribution in [0.15, 0.2) is 47.1 Å². The largest absolute Gasteiger partial charge is 0.192 e. The van der Waals surface area contributed by atoms with Crippen molar-refractivity contribution in [1.29, 1.82) is 5.26 Å². The van der Waals surface area contributed by atoms with Crippen molar-refractivity contribution in [2.24, 2.45) is 0 Å². The molecule has 0 aromatic carbocycles. The van der Waals surface area contributed by atoms with Crippen molar-refractivity contribution in [3.05, 3.63) is 47.1 Å². The lowest BCUT2D eigenvalue weighted by atomic mass is 10.0. The molecule has 1 rings (SSSR count). The predicted octanol–water partition coefficient (Wildman–Crippen LogP) is 2.90. The summed E-state index contributed by atoms with van der Waals surface area (Å²) >= 11 is 0. The zero-order valence-corrected chi connectivity index (χ0v) is 7.33. The molecule has 0 fully saturated rings. The minimum absolute atomic E-state index is 0.744. The van der Waals surface area contributed by atoms with Gasteiger partial charge in [-0.2, -0.15) is 5.26 Å². The Labute approximate surface area is 73.0 Å². The number of hydrogen-bond donors (Lipinski definition) is 0. The van der Waals surface area contributed by atoms with Crippen LogP contribution in [0.5, 0.6) is 0 Å². The fourth-order valence-electron chi connectivity index (χ4n) is 1.01. The molecular formula is C11H11N. The minimum atomic E-state index is 0.744. The van der Waals surface area contributed by atoms with Gasteiger partial charge in [0.15, 0.2) is 0 Å². The molecule has 0 unspecified atom stereocenters. The minimum Gasteiger partial charge on any atom is -0.192 e. The zero-order valence-electron chi connectivity index (χ0n) is 7.33. The van der Waals surface area contributed by atoms with Crippen LogP contribution in [-0.4, -0.2) is 0 Å². The van der Waals surface area contributed by atoms with E-state index in [-0.39, 0.29) is 0 Å². The summed E-state index contributed by atoms with van der Waals surface area (Å²) in [6.07, 6.45) is 9.75. The third-order valence-electron chi connectivity index (χ3n) is 1.73. The van der Waals surface area contributed by atoms with E-state index in [1.807, 2.05) is 44.2 Å². The van der Waals surface area contributed by atoms with Gasteiger partial charge in [0.05, 0.1) is 11.6 Å². The van der Waals surface area contributed by atoms with Crippen LogP contribution in [0.4, 0.5) is 0 Å². The molecule has 0 saturated heterocycles. The molecule has 60 valence electrons. The van der Waals surface area contributed by atoms with Crippen LogP contribution >= 0.6 is 0 Å². The van der Waals surface area contributed by atoms with Crippen molar-refractivity contribution < 1.29 is 0 Å². The summed E-state index contributed by atoms with van der Waals surface area (Å²) in [5.41, 5.74) is 2.87. The fourth-order valence-corrected chi connectivity index (χ4v) is 1.01. The Morgan fingerprint density at radius 2 is 1.83 bits per heavy atom. The van der Waals surface area contributed by atoms with Crippen molar-refractivity contribution in [2.75, 3.05) is 0 Å². The first-order chi connectivity index (χ1) is 5.74. The lowest BCUT2D eigenvalue weighted by Gasteiger charge is -1.99. The van der Waals surface area contributed by atoms with Gasteiger partial charge in [0.2, 0.25) is 0 Å². The monoisotopic (exact) mass is 157 g/mol.